The van der Waals surface area contributed by atoms with Crippen LogP contribution in [0.1, 0.15) is 42.5 Å². The number of hydrogen-bond acceptors (Lipinski definition) is 3. The van der Waals surface area contributed by atoms with Gasteiger partial charge in [-0.1, -0.05) is 12.5 Å². The number of esters is 1. The smallest absolute Gasteiger partial charge is 0.340 e. The number of carbonyl (C=O) groups is 1. The van der Waals surface area contributed by atoms with E-state index in [1.807, 2.05) is 0 Å². The van der Waals surface area contributed by atoms with E-state index in [0.29, 0.717) is 0 Å². The summed E-state index contributed by atoms with van der Waals surface area (Å²) in [5.41, 5.74) is 5.50. The van der Waals surface area contributed by atoms with Crippen molar-refractivity contribution in [2.24, 2.45) is 0 Å². The Morgan fingerprint density at radius 3 is 2.71 bits per heavy atom. The van der Waals surface area contributed by atoms with Crippen LogP contribution in [0.15, 0.2) is 18.2 Å². The van der Waals surface area contributed by atoms with E-state index in [0.717, 1.165) is 25.7 Å². The van der Waals surface area contributed by atoms with E-state index in [1.165, 1.54) is 24.6 Å². The SMILES string of the molecule is Nc1c(F)cccc1C(=O)OC1CCCCC1. The summed E-state index contributed by atoms with van der Waals surface area (Å²) in [6, 6.07) is 4.18. The van der Waals surface area contributed by atoms with Gasteiger partial charge in [-0.25, -0.2) is 9.18 Å². The molecule has 2 N–H and O–H groups in total. The highest BCUT2D eigenvalue weighted by Crippen LogP contribution is 2.23. The molecule has 1 aliphatic carbocycles. The lowest BCUT2D eigenvalue weighted by atomic mass is 9.98. The quantitative estimate of drug-likeness (QED) is 0.635. The van der Waals surface area contributed by atoms with Gasteiger partial charge in [0, 0.05) is 0 Å². The maximum atomic E-state index is 13.2. The molecular weight excluding hydrogens is 221 g/mol. The van der Waals surface area contributed by atoms with Gasteiger partial charge in [0.25, 0.3) is 0 Å². The van der Waals surface area contributed by atoms with Crippen molar-refractivity contribution in [1.82, 2.24) is 0 Å². The van der Waals surface area contributed by atoms with Gasteiger partial charge < -0.3 is 10.5 Å². The van der Waals surface area contributed by atoms with Crippen molar-refractivity contribution >= 4 is 11.7 Å². The lowest BCUT2D eigenvalue weighted by Crippen LogP contribution is -2.21. The van der Waals surface area contributed by atoms with Crippen LogP contribution in [0.3, 0.4) is 0 Å². The summed E-state index contributed by atoms with van der Waals surface area (Å²) in [5.74, 6) is -1.10. The van der Waals surface area contributed by atoms with Gasteiger partial charge in [-0.15, -0.1) is 0 Å². The highest BCUT2D eigenvalue weighted by Gasteiger charge is 2.20. The van der Waals surface area contributed by atoms with Crippen molar-refractivity contribution in [2.45, 2.75) is 38.2 Å². The minimum atomic E-state index is -0.580. The molecule has 0 spiro atoms. The van der Waals surface area contributed by atoms with Crippen LogP contribution in [0.5, 0.6) is 0 Å². The molecule has 3 nitrogen and oxygen atoms in total. The van der Waals surface area contributed by atoms with E-state index >= 15 is 0 Å². The van der Waals surface area contributed by atoms with Gasteiger partial charge in [-0.3, -0.25) is 0 Å². The Balaban J connectivity index is 2.06. The van der Waals surface area contributed by atoms with Crippen molar-refractivity contribution in [1.29, 1.82) is 0 Å². The highest BCUT2D eigenvalue weighted by atomic mass is 19.1. The van der Waals surface area contributed by atoms with E-state index in [1.54, 1.807) is 0 Å². The Bertz CT molecular complexity index is 414. The maximum absolute atomic E-state index is 13.2. The molecule has 1 saturated carbocycles. The number of rotatable bonds is 2. The van der Waals surface area contributed by atoms with Crippen LogP contribution in [0.25, 0.3) is 0 Å². The summed E-state index contributed by atoms with van der Waals surface area (Å²) in [6.45, 7) is 0. The first-order valence-corrected chi connectivity index (χ1v) is 5.93. The molecule has 0 heterocycles. The zero-order valence-corrected chi connectivity index (χ0v) is 9.62. The van der Waals surface area contributed by atoms with Crippen LogP contribution in [-0.2, 0) is 4.74 Å². The molecule has 0 bridgehead atoms. The van der Waals surface area contributed by atoms with Gasteiger partial charge in [-0.05, 0) is 37.8 Å². The standard InChI is InChI=1S/C13H16FNO2/c14-11-8-4-7-10(12(11)15)13(16)17-9-5-2-1-3-6-9/h4,7-9H,1-3,5-6,15H2. The summed E-state index contributed by atoms with van der Waals surface area (Å²) >= 11 is 0. The molecule has 0 unspecified atom stereocenters. The Morgan fingerprint density at radius 1 is 1.29 bits per heavy atom. The molecule has 92 valence electrons. The molecule has 1 aromatic rings. The number of para-hydroxylation sites is 1. The molecule has 2 rings (SSSR count). The molecule has 0 saturated heterocycles. The largest absolute Gasteiger partial charge is 0.459 e. The fourth-order valence-corrected chi connectivity index (χ4v) is 2.11. The summed E-state index contributed by atoms with van der Waals surface area (Å²) in [5, 5.41) is 0. The Labute approximate surface area is 99.8 Å². The van der Waals surface area contributed by atoms with Crippen molar-refractivity contribution in [3.8, 4) is 0 Å². The minimum Gasteiger partial charge on any atom is -0.459 e. The number of hydrogen-bond donors (Lipinski definition) is 1. The Hall–Kier alpha value is -1.58. The number of anilines is 1. The highest BCUT2D eigenvalue weighted by molar-refractivity contribution is 5.95. The summed E-state index contributed by atoms with van der Waals surface area (Å²) < 4.78 is 18.5. The number of carbonyl (C=O) groups excluding carboxylic acids is 1. The van der Waals surface area contributed by atoms with E-state index in [-0.39, 0.29) is 17.4 Å². The molecule has 4 heteroatoms. The third-order valence-corrected chi connectivity index (χ3v) is 3.10. The second-order valence-electron chi connectivity index (χ2n) is 4.37. The molecule has 17 heavy (non-hydrogen) atoms. The van der Waals surface area contributed by atoms with E-state index in [4.69, 9.17) is 10.5 Å². The van der Waals surface area contributed by atoms with Crippen LogP contribution in [0, 0.1) is 5.82 Å². The van der Waals surface area contributed by atoms with Crippen LogP contribution < -0.4 is 5.73 Å². The number of nitrogen functional groups attached to an aromatic ring is 1. The first-order valence-electron chi connectivity index (χ1n) is 5.93. The Morgan fingerprint density at radius 2 is 2.00 bits per heavy atom. The van der Waals surface area contributed by atoms with Gasteiger partial charge in [0.15, 0.2) is 0 Å². The molecule has 1 aromatic carbocycles. The van der Waals surface area contributed by atoms with E-state index < -0.39 is 11.8 Å². The molecule has 1 aliphatic rings. The topological polar surface area (TPSA) is 52.3 Å². The molecular formula is C13H16FNO2. The molecule has 0 atom stereocenters. The monoisotopic (exact) mass is 237 g/mol. The lowest BCUT2D eigenvalue weighted by molar-refractivity contribution is 0.0212. The lowest BCUT2D eigenvalue weighted by Gasteiger charge is -2.22. The normalized spacial score (nSPS) is 16.8. The molecule has 0 aliphatic heterocycles. The average molecular weight is 237 g/mol. The predicted molar refractivity (Wildman–Crippen MR) is 63.1 cm³/mol. The predicted octanol–water partition coefficient (Wildman–Crippen LogP) is 2.90. The second kappa shape index (κ2) is 5.17. The van der Waals surface area contributed by atoms with Crippen molar-refractivity contribution < 1.29 is 13.9 Å². The van der Waals surface area contributed by atoms with Crippen LogP contribution in [0.2, 0.25) is 0 Å². The molecule has 1 fully saturated rings. The fourth-order valence-electron chi connectivity index (χ4n) is 2.11. The van der Waals surface area contributed by atoms with Gasteiger partial charge in [0.2, 0.25) is 0 Å². The third kappa shape index (κ3) is 2.75. The molecule has 0 radical (unpaired) electrons. The zero-order valence-electron chi connectivity index (χ0n) is 9.62. The average Bonchev–Trinajstić information content (AvgIpc) is 2.34. The number of benzene rings is 1. The first kappa shape index (κ1) is 11.9. The van der Waals surface area contributed by atoms with E-state index in [9.17, 15) is 9.18 Å². The van der Waals surface area contributed by atoms with Gasteiger partial charge in [0.1, 0.15) is 11.9 Å². The fraction of sp³-hybridized carbons (Fsp3) is 0.462. The minimum absolute atomic E-state index is 0.0427. The molecule has 0 amide bonds. The maximum Gasteiger partial charge on any atom is 0.340 e. The Kier molecular flexibility index (Phi) is 3.61. The van der Waals surface area contributed by atoms with Crippen LogP contribution in [0.4, 0.5) is 10.1 Å². The van der Waals surface area contributed by atoms with Crippen LogP contribution in [-0.4, -0.2) is 12.1 Å². The van der Waals surface area contributed by atoms with Crippen molar-refractivity contribution in [3.63, 3.8) is 0 Å². The number of halogens is 1. The van der Waals surface area contributed by atoms with E-state index in [2.05, 4.69) is 0 Å². The zero-order chi connectivity index (χ0) is 12.3. The summed E-state index contributed by atoms with van der Waals surface area (Å²) in [6.07, 6.45) is 5.09. The van der Waals surface area contributed by atoms with Crippen LogP contribution >= 0.6 is 0 Å². The summed E-state index contributed by atoms with van der Waals surface area (Å²) in [7, 11) is 0. The van der Waals surface area contributed by atoms with Crippen molar-refractivity contribution in [2.75, 3.05) is 5.73 Å². The number of ether oxygens (including phenoxy) is 1. The van der Waals surface area contributed by atoms with Gasteiger partial charge >= 0.3 is 5.97 Å². The van der Waals surface area contributed by atoms with Crippen molar-refractivity contribution in [3.05, 3.63) is 29.6 Å². The number of nitrogens with two attached hydrogens (primary N) is 1. The van der Waals surface area contributed by atoms with Gasteiger partial charge in [-0.2, -0.15) is 0 Å². The second-order valence-corrected chi connectivity index (χ2v) is 4.37. The molecule has 0 aromatic heterocycles. The first-order chi connectivity index (χ1) is 8.18. The third-order valence-electron chi connectivity index (χ3n) is 3.10. The van der Waals surface area contributed by atoms with Gasteiger partial charge in [0.05, 0.1) is 11.3 Å². The summed E-state index contributed by atoms with van der Waals surface area (Å²) in [4.78, 5) is 11.8.